The molecule has 1 aliphatic rings. The second kappa shape index (κ2) is 7.61. The van der Waals surface area contributed by atoms with Crippen LogP contribution in [-0.2, 0) is 11.3 Å². The summed E-state index contributed by atoms with van der Waals surface area (Å²) in [5, 5.41) is 6.09. The number of hydrogen-bond acceptors (Lipinski definition) is 3. The van der Waals surface area contributed by atoms with Gasteiger partial charge in [-0.2, -0.15) is 0 Å². The standard InChI is InChI=1S/C19H22FN3O2/c1-13-11-15(8-9-21-13)18(24)22-17-3-2-10-23(19(17)25)12-14-4-6-16(20)7-5-14/h2-7,10,13,15,21H,8-9,11-12H2,1H3,(H,22,24)/t13-,15-/m0/s1. The molecule has 6 heteroatoms. The van der Waals surface area contributed by atoms with Crippen molar-refractivity contribution in [1.29, 1.82) is 0 Å². The SMILES string of the molecule is C[C@H]1C[C@@H](C(=O)Nc2cccn(Cc3ccc(F)cc3)c2=O)CCN1. The molecule has 2 aromatic rings. The number of hydrogen-bond donors (Lipinski definition) is 2. The molecule has 25 heavy (non-hydrogen) atoms. The lowest BCUT2D eigenvalue weighted by Crippen LogP contribution is -2.40. The van der Waals surface area contributed by atoms with Crippen LogP contribution in [-0.4, -0.2) is 23.1 Å². The molecule has 2 N–H and O–H groups in total. The second-order valence-corrected chi connectivity index (χ2v) is 6.55. The first-order valence-corrected chi connectivity index (χ1v) is 8.51. The van der Waals surface area contributed by atoms with Crippen molar-refractivity contribution in [2.24, 2.45) is 5.92 Å². The predicted octanol–water partition coefficient (Wildman–Crippen LogP) is 2.36. The molecule has 3 rings (SSSR count). The van der Waals surface area contributed by atoms with Gasteiger partial charge in [-0.3, -0.25) is 9.59 Å². The Hall–Kier alpha value is -2.47. The third kappa shape index (κ3) is 4.33. The van der Waals surface area contributed by atoms with E-state index in [1.54, 1.807) is 30.5 Å². The molecule has 1 saturated heterocycles. The minimum atomic E-state index is -0.312. The number of nitrogens with one attached hydrogen (secondary N) is 2. The normalized spacial score (nSPS) is 20.2. The molecule has 132 valence electrons. The summed E-state index contributed by atoms with van der Waals surface area (Å²) >= 11 is 0. The Balaban J connectivity index is 1.73. The first-order chi connectivity index (χ1) is 12.0. The van der Waals surface area contributed by atoms with Gasteiger partial charge in [-0.05, 0) is 56.1 Å². The summed E-state index contributed by atoms with van der Waals surface area (Å²) in [7, 11) is 0. The first kappa shape index (κ1) is 17.4. The van der Waals surface area contributed by atoms with Gasteiger partial charge in [0.2, 0.25) is 5.91 Å². The quantitative estimate of drug-likeness (QED) is 0.896. The highest BCUT2D eigenvalue weighted by atomic mass is 19.1. The Morgan fingerprint density at radius 3 is 2.80 bits per heavy atom. The van der Waals surface area contributed by atoms with E-state index < -0.39 is 0 Å². The van der Waals surface area contributed by atoms with Crippen molar-refractivity contribution in [3.05, 3.63) is 64.3 Å². The molecule has 1 fully saturated rings. The summed E-state index contributed by atoms with van der Waals surface area (Å²) in [6.07, 6.45) is 3.20. The van der Waals surface area contributed by atoms with Gasteiger partial charge < -0.3 is 15.2 Å². The van der Waals surface area contributed by atoms with Gasteiger partial charge in [0.1, 0.15) is 11.5 Å². The zero-order valence-electron chi connectivity index (χ0n) is 14.2. The number of rotatable bonds is 4. The molecule has 0 bridgehead atoms. The number of halogens is 1. The molecular weight excluding hydrogens is 321 g/mol. The van der Waals surface area contributed by atoms with Crippen LogP contribution in [0.15, 0.2) is 47.4 Å². The van der Waals surface area contributed by atoms with Crippen LogP contribution in [0, 0.1) is 11.7 Å². The van der Waals surface area contributed by atoms with Crippen molar-refractivity contribution < 1.29 is 9.18 Å². The minimum Gasteiger partial charge on any atom is -0.321 e. The Morgan fingerprint density at radius 1 is 1.32 bits per heavy atom. The summed E-state index contributed by atoms with van der Waals surface area (Å²) < 4.78 is 14.5. The molecule has 0 saturated carbocycles. The highest BCUT2D eigenvalue weighted by Gasteiger charge is 2.25. The number of anilines is 1. The number of carbonyl (C=O) groups excluding carboxylic acids is 1. The Bertz CT molecular complexity index is 801. The Morgan fingerprint density at radius 2 is 2.08 bits per heavy atom. The molecule has 5 nitrogen and oxygen atoms in total. The third-order valence-electron chi connectivity index (χ3n) is 4.54. The maximum absolute atomic E-state index is 13.0. The number of piperidine rings is 1. The van der Waals surface area contributed by atoms with Crippen LogP contribution in [0.5, 0.6) is 0 Å². The topological polar surface area (TPSA) is 63.1 Å². The maximum atomic E-state index is 13.0. The van der Waals surface area contributed by atoms with Crippen molar-refractivity contribution in [3.63, 3.8) is 0 Å². The fraction of sp³-hybridized carbons (Fsp3) is 0.368. The van der Waals surface area contributed by atoms with Gasteiger partial charge in [-0.1, -0.05) is 12.1 Å². The Kier molecular flexibility index (Phi) is 5.28. The molecule has 2 atom stereocenters. The molecule has 0 spiro atoms. The van der Waals surface area contributed by atoms with Crippen LogP contribution in [0.3, 0.4) is 0 Å². The van der Waals surface area contributed by atoms with E-state index in [0.29, 0.717) is 12.6 Å². The van der Waals surface area contributed by atoms with Crippen molar-refractivity contribution in [1.82, 2.24) is 9.88 Å². The molecule has 0 unspecified atom stereocenters. The predicted molar refractivity (Wildman–Crippen MR) is 95.0 cm³/mol. The summed E-state index contributed by atoms with van der Waals surface area (Å²) in [5.41, 5.74) is 0.835. The van der Waals surface area contributed by atoms with Gasteiger partial charge in [0.05, 0.1) is 6.54 Å². The summed E-state index contributed by atoms with van der Waals surface area (Å²) in [4.78, 5) is 25.0. The van der Waals surface area contributed by atoms with Gasteiger partial charge >= 0.3 is 0 Å². The minimum absolute atomic E-state index is 0.0820. The number of amides is 1. The molecule has 1 aromatic heterocycles. The summed E-state index contributed by atoms with van der Waals surface area (Å²) in [6, 6.07) is 9.66. The molecule has 1 aromatic carbocycles. The van der Waals surface area contributed by atoms with Crippen LogP contribution in [0.1, 0.15) is 25.3 Å². The zero-order chi connectivity index (χ0) is 17.8. The highest BCUT2D eigenvalue weighted by molar-refractivity contribution is 5.92. The van der Waals surface area contributed by atoms with Crippen molar-refractivity contribution >= 4 is 11.6 Å². The monoisotopic (exact) mass is 343 g/mol. The van der Waals surface area contributed by atoms with Crippen molar-refractivity contribution in [3.8, 4) is 0 Å². The van der Waals surface area contributed by atoms with Gasteiger partial charge in [-0.15, -0.1) is 0 Å². The smallest absolute Gasteiger partial charge is 0.274 e. The molecule has 1 aliphatic heterocycles. The number of aromatic nitrogens is 1. The highest BCUT2D eigenvalue weighted by Crippen LogP contribution is 2.17. The Labute approximate surface area is 145 Å². The fourth-order valence-corrected chi connectivity index (χ4v) is 3.15. The van der Waals surface area contributed by atoms with E-state index in [9.17, 15) is 14.0 Å². The molecule has 0 aliphatic carbocycles. The summed E-state index contributed by atoms with van der Waals surface area (Å²) in [5.74, 6) is -0.500. The molecular formula is C19H22FN3O2. The van der Waals surface area contributed by atoms with Gasteiger partial charge in [0, 0.05) is 18.2 Å². The third-order valence-corrected chi connectivity index (χ3v) is 4.54. The lowest BCUT2D eigenvalue weighted by molar-refractivity contribution is -0.120. The average molecular weight is 343 g/mol. The van der Waals surface area contributed by atoms with E-state index in [2.05, 4.69) is 17.6 Å². The van der Waals surface area contributed by atoms with E-state index in [0.717, 1.165) is 24.9 Å². The van der Waals surface area contributed by atoms with Gasteiger partial charge in [0.25, 0.3) is 5.56 Å². The van der Waals surface area contributed by atoms with Crippen LogP contribution < -0.4 is 16.2 Å². The van der Waals surface area contributed by atoms with E-state index in [1.165, 1.54) is 16.7 Å². The van der Waals surface area contributed by atoms with Crippen molar-refractivity contribution in [2.45, 2.75) is 32.4 Å². The lowest BCUT2D eigenvalue weighted by atomic mass is 9.92. The fourth-order valence-electron chi connectivity index (χ4n) is 3.15. The number of carbonyl (C=O) groups is 1. The van der Waals surface area contributed by atoms with Crippen LogP contribution in [0.25, 0.3) is 0 Å². The molecule has 1 amide bonds. The van der Waals surface area contributed by atoms with Gasteiger partial charge in [-0.25, -0.2) is 4.39 Å². The largest absolute Gasteiger partial charge is 0.321 e. The van der Waals surface area contributed by atoms with Crippen LogP contribution in [0.4, 0.5) is 10.1 Å². The zero-order valence-corrected chi connectivity index (χ0v) is 14.2. The number of nitrogens with zero attached hydrogens (tertiary/aromatic N) is 1. The maximum Gasteiger partial charge on any atom is 0.274 e. The number of pyridine rings is 1. The van der Waals surface area contributed by atoms with Crippen molar-refractivity contribution in [2.75, 3.05) is 11.9 Å². The van der Waals surface area contributed by atoms with E-state index in [1.807, 2.05) is 0 Å². The van der Waals surface area contributed by atoms with E-state index in [-0.39, 0.29) is 28.9 Å². The molecule has 2 heterocycles. The summed E-state index contributed by atoms with van der Waals surface area (Å²) in [6.45, 7) is 3.19. The van der Waals surface area contributed by atoms with E-state index >= 15 is 0 Å². The van der Waals surface area contributed by atoms with Crippen LogP contribution >= 0.6 is 0 Å². The van der Waals surface area contributed by atoms with Gasteiger partial charge in [0.15, 0.2) is 0 Å². The number of benzene rings is 1. The first-order valence-electron chi connectivity index (χ1n) is 8.51. The lowest BCUT2D eigenvalue weighted by Gasteiger charge is -2.27. The molecule has 0 radical (unpaired) electrons. The second-order valence-electron chi connectivity index (χ2n) is 6.55. The van der Waals surface area contributed by atoms with Crippen LogP contribution in [0.2, 0.25) is 0 Å². The average Bonchev–Trinajstić information content (AvgIpc) is 2.60. The van der Waals surface area contributed by atoms with E-state index in [4.69, 9.17) is 0 Å².